The van der Waals surface area contributed by atoms with Crippen LogP contribution in [0, 0.1) is 11.8 Å². The summed E-state index contributed by atoms with van der Waals surface area (Å²) in [5.74, 6) is -3.95. The molecular formula is C44H60N6O13S2. The minimum absolute atomic E-state index is 0.00595. The zero-order valence-electron chi connectivity index (χ0n) is 36.7. The van der Waals surface area contributed by atoms with Gasteiger partial charge in [0.05, 0.1) is 43.6 Å². The molecule has 356 valence electrons. The Balaban J connectivity index is 1.13. The molecule has 0 saturated heterocycles. The molecule has 4 rings (SSSR count). The molecular weight excluding hydrogens is 885 g/mol. The number of aryl methyl sites for hydroxylation is 2. The molecule has 19 nitrogen and oxygen atoms in total. The van der Waals surface area contributed by atoms with Gasteiger partial charge in [0.25, 0.3) is 11.5 Å². The Hall–Kier alpha value is -5.25. The molecule has 2 heterocycles. The molecule has 3 aromatic rings. The van der Waals surface area contributed by atoms with Crippen LogP contribution in [0.25, 0.3) is 11.0 Å². The summed E-state index contributed by atoms with van der Waals surface area (Å²) in [6.07, 6.45) is 5.12. The predicted octanol–water partition coefficient (Wildman–Crippen LogP) is 3.33. The van der Waals surface area contributed by atoms with Crippen LogP contribution in [0.4, 0.5) is 5.95 Å². The van der Waals surface area contributed by atoms with Gasteiger partial charge in [-0.15, -0.1) is 0 Å². The standard InChI is InChI=1S/C44H60N6O13S2/c1-3-28(42(57)58)24-64-34-11-12-35(34)65-25-31(22-32(52)15-18-61-17-14-26(2)51)39(54)46-16-19-62-20-21-63-36(53)13-10-33(43(59)60)48-40(55)29-7-4-27(5-8-29)6-9-30-23-47-38-37(30)41(56)50-44(45)49-38/h4-5,7-8,23,28,31,33-35H,3,6,9-22,24-25H2,1-2H3,(H,46,54)(H,48,55)(H,57,58)(H,59,60)(H4,45,47,49,50,56). The number of anilines is 1. The van der Waals surface area contributed by atoms with Gasteiger partial charge in [-0.3, -0.25) is 38.5 Å². The number of H-pyrrole nitrogens is 2. The zero-order valence-corrected chi connectivity index (χ0v) is 38.4. The number of hydrogen-bond acceptors (Lipinski definition) is 15. The number of rotatable bonds is 32. The Morgan fingerprint density at radius 3 is 2.20 bits per heavy atom. The van der Waals surface area contributed by atoms with Gasteiger partial charge in [-0.25, -0.2) is 4.79 Å². The summed E-state index contributed by atoms with van der Waals surface area (Å²) >= 11 is 3.27. The third-order valence-corrected chi connectivity index (χ3v) is 14.1. The molecule has 0 spiro atoms. The summed E-state index contributed by atoms with van der Waals surface area (Å²) < 4.78 is 16.1. The summed E-state index contributed by atoms with van der Waals surface area (Å²) in [5, 5.41) is 25.3. The number of carbonyl (C=O) groups excluding carboxylic acids is 5. The van der Waals surface area contributed by atoms with Gasteiger partial charge < -0.3 is 45.8 Å². The van der Waals surface area contributed by atoms with Crippen molar-refractivity contribution in [2.45, 2.75) is 94.6 Å². The number of carbonyl (C=O) groups is 7. The van der Waals surface area contributed by atoms with Crippen LogP contribution in [-0.2, 0) is 55.8 Å². The fourth-order valence-corrected chi connectivity index (χ4v) is 10.1. The van der Waals surface area contributed by atoms with E-state index in [1.54, 1.807) is 54.0 Å². The number of Topliss-reactive ketones (excluding diaryl/α,β-unsaturated/α-hetero) is 2. The van der Waals surface area contributed by atoms with Gasteiger partial charge in [-0.05, 0) is 68.7 Å². The number of esters is 1. The lowest BCUT2D eigenvalue weighted by molar-refractivity contribution is -0.146. The normalized spacial score (nSPS) is 15.9. The third kappa shape index (κ3) is 17.9. The maximum Gasteiger partial charge on any atom is 0.326 e. The molecule has 2 aromatic heterocycles. The monoisotopic (exact) mass is 944 g/mol. The number of aromatic nitrogens is 3. The maximum atomic E-state index is 13.3. The van der Waals surface area contributed by atoms with Gasteiger partial charge in [-0.1, -0.05) is 19.1 Å². The molecule has 2 amide bonds. The first-order chi connectivity index (χ1) is 31.1. The summed E-state index contributed by atoms with van der Waals surface area (Å²) in [6.45, 7) is 3.81. The summed E-state index contributed by atoms with van der Waals surface area (Å²) in [4.78, 5) is 108. The number of hydrogen-bond donors (Lipinski definition) is 7. The fraction of sp³-hybridized carbons (Fsp3) is 0.568. The average Bonchev–Trinajstić information content (AvgIpc) is 3.67. The molecule has 0 bridgehead atoms. The van der Waals surface area contributed by atoms with E-state index in [4.69, 9.17) is 19.9 Å². The smallest absolute Gasteiger partial charge is 0.326 e. The molecule has 5 unspecified atom stereocenters. The van der Waals surface area contributed by atoms with Crippen molar-refractivity contribution in [3.63, 3.8) is 0 Å². The van der Waals surface area contributed by atoms with E-state index >= 15 is 0 Å². The van der Waals surface area contributed by atoms with Gasteiger partial charge in [0, 0.05) is 66.0 Å². The van der Waals surface area contributed by atoms with Crippen LogP contribution in [0.1, 0.15) is 86.7 Å². The van der Waals surface area contributed by atoms with E-state index in [1.807, 2.05) is 6.92 Å². The summed E-state index contributed by atoms with van der Waals surface area (Å²) in [6, 6.07) is 5.23. The number of aliphatic carboxylic acids is 2. The molecule has 5 atom stereocenters. The summed E-state index contributed by atoms with van der Waals surface area (Å²) in [5.41, 5.74) is 7.52. The minimum Gasteiger partial charge on any atom is -0.481 e. The molecule has 1 fully saturated rings. The van der Waals surface area contributed by atoms with Crippen LogP contribution in [0.15, 0.2) is 35.3 Å². The second kappa shape index (κ2) is 27.3. The van der Waals surface area contributed by atoms with Crippen molar-refractivity contribution < 1.29 is 58.0 Å². The fourth-order valence-electron chi connectivity index (χ4n) is 6.73. The second-order valence-electron chi connectivity index (χ2n) is 15.7. The Labute approximate surface area is 384 Å². The third-order valence-electron chi connectivity index (χ3n) is 10.8. The van der Waals surface area contributed by atoms with Crippen molar-refractivity contribution in [3.8, 4) is 0 Å². The number of fused-ring (bicyclic) bond motifs is 1. The number of nitrogen functional groups attached to an aromatic ring is 1. The Bertz CT molecular complexity index is 2150. The van der Waals surface area contributed by atoms with E-state index in [0.29, 0.717) is 41.8 Å². The molecule has 21 heteroatoms. The quantitative estimate of drug-likeness (QED) is 0.0349. The van der Waals surface area contributed by atoms with Gasteiger partial charge in [0.2, 0.25) is 11.9 Å². The van der Waals surface area contributed by atoms with E-state index in [2.05, 4.69) is 25.6 Å². The number of ketones is 2. The topological polar surface area (TPSA) is 299 Å². The van der Waals surface area contributed by atoms with Gasteiger partial charge in [0.1, 0.15) is 29.9 Å². The highest BCUT2D eigenvalue weighted by Gasteiger charge is 2.34. The highest BCUT2D eigenvalue weighted by Crippen LogP contribution is 2.42. The van der Waals surface area contributed by atoms with Gasteiger partial charge in [-0.2, -0.15) is 28.5 Å². The lowest BCUT2D eigenvalue weighted by Crippen LogP contribution is -2.41. The number of thioether (sulfide) groups is 2. The first-order valence-electron chi connectivity index (χ1n) is 21.7. The van der Waals surface area contributed by atoms with E-state index < -0.39 is 41.7 Å². The number of benzene rings is 1. The number of nitrogens with two attached hydrogens (primary N) is 1. The van der Waals surface area contributed by atoms with Crippen LogP contribution in [-0.4, -0.2) is 134 Å². The van der Waals surface area contributed by atoms with E-state index in [0.717, 1.165) is 24.0 Å². The van der Waals surface area contributed by atoms with Crippen LogP contribution in [0.3, 0.4) is 0 Å². The van der Waals surface area contributed by atoms with E-state index in [1.165, 1.54) is 6.92 Å². The number of nitrogens with one attached hydrogen (secondary N) is 4. The lowest BCUT2D eigenvalue weighted by Gasteiger charge is -2.36. The zero-order chi connectivity index (χ0) is 47.3. The van der Waals surface area contributed by atoms with Crippen molar-refractivity contribution in [3.05, 3.63) is 57.5 Å². The largest absolute Gasteiger partial charge is 0.481 e. The summed E-state index contributed by atoms with van der Waals surface area (Å²) in [7, 11) is 0. The van der Waals surface area contributed by atoms with Crippen LogP contribution < -0.4 is 21.9 Å². The lowest BCUT2D eigenvalue weighted by atomic mass is 9.99. The first kappa shape index (κ1) is 52.4. The van der Waals surface area contributed by atoms with Gasteiger partial charge >= 0.3 is 17.9 Å². The van der Waals surface area contributed by atoms with E-state index in [9.17, 15) is 48.6 Å². The molecule has 65 heavy (non-hydrogen) atoms. The van der Waals surface area contributed by atoms with Crippen LogP contribution in [0.5, 0.6) is 0 Å². The number of nitrogens with zero attached hydrogens (tertiary/aromatic N) is 1. The molecule has 8 N–H and O–H groups in total. The van der Waals surface area contributed by atoms with Crippen LogP contribution in [0.2, 0.25) is 0 Å². The average molecular weight is 945 g/mol. The van der Waals surface area contributed by atoms with Crippen molar-refractivity contribution in [1.82, 2.24) is 25.6 Å². The second-order valence-corrected chi connectivity index (χ2v) is 18.3. The minimum atomic E-state index is -1.35. The molecule has 1 saturated carbocycles. The molecule has 0 aliphatic heterocycles. The maximum absolute atomic E-state index is 13.3. The van der Waals surface area contributed by atoms with Crippen molar-refractivity contribution in [1.29, 1.82) is 0 Å². The number of carboxylic acid groups (broad SMARTS) is 2. The van der Waals surface area contributed by atoms with Crippen LogP contribution >= 0.6 is 23.5 Å². The number of amides is 2. The highest BCUT2D eigenvalue weighted by molar-refractivity contribution is 8.04. The molecule has 1 aliphatic rings. The Morgan fingerprint density at radius 1 is 0.877 bits per heavy atom. The molecule has 1 aromatic carbocycles. The van der Waals surface area contributed by atoms with Crippen molar-refractivity contribution >= 4 is 81.8 Å². The first-order valence-corrected chi connectivity index (χ1v) is 23.8. The van der Waals surface area contributed by atoms with Gasteiger partial charge in [0.15, 0.2) is 0 Å². The molecule has 1 aliphatic carbocycles. The SMILES string of the molecule is CCC(CSC1CCC1SCC(CC(=O)CCOCCC(C)=O)C(=O)NCCOCCOC(=O)CCC(NC(=O)c1ccc(CCc2c[nH]c3nc(N)[nH]c(=O)c23)cc1)C(=O)O)C(=O)O. The Kier molecular flexibility index (Phi) is 22.0. The highest BCUT2D eigenvalue weighted by atomic mass is 32.2. The van der Waals surface area contributed by atoms with Crippen molar-refractivity contribution in [2.24, 2.45) is 11.8 Å². The van der Waals surface area contributed by atoms with Crippen molar-refractivity contribution in [2.75, 3.05) is 56.8 Å². The van der Waals surface area contributed by atoms with E-state index in [-0.39, 0.29) is 117 Å². The Morgan fingerprint density at radius 2 is 1.55 bits per heavy atom. The number of carboxylic acids is 2. The number of aromatic amines is 2. The predicted molar refractivity (Wildman–Crippen MR) is 245 cm³/mol. The molecule has 0 radical (unpaired) electrons. The number of ether oxygens (including phenoxy) is 3.